The summed E-state index contributed by atoms with van der Waals surface area (Å²) >= 11 is 1.60. The lowest BCUT2D eigenvalue weighted by atomic mass is 10.0. The van der Waals surface area contributed by atoms with E-state index >= 15 is 0 Å². The Bertz CT molecular complexity index is 8740. The molecule has 6 atom stereocenters. The number of hydrogen-bond donors (Lipinski definition) is 0. The first-order valence-electron chi connectivity index (χ1n) is 43.0. The molecule has 0 spiro atoms. The maximum Gasteiger partial charge on any atom is 0.307 e. The van der Waals surface area contributed by atoms with E-state index in [-0.39, 0.29) is 20.4 Å². The second-order valence-electron chi connectivity index (χ2n) is 33.4. The van der Waals surface area contributed by atoms with Gasteiger partial charge in [-0.1, -0.05) is 206 Å². The van der Waals surface area contributed by atoms with Crippen LogP contribution in [0.15, 0.2) is 402 Å². The smallest absolute Gasteiger partial charge is 0.307 e. The van der Waals surface area contributed by atoms with Crippen molar-refractivity contribution in [2.45, 2.75) is 9.79 Å². The molecule has 0 amide bonds. The molecular formula is C110H64N2O15P6S2. The highest BCUT2D eigenvalue weighted by Gasteiger charge is 2.47. The van der Waals surface area contributed by atoms with Crippen LogP contribution in [0.4, 0.5) is 0 Å². The molecule has 6 unspecified atom stereocenters. The number of rotatable bonds is 6. The van der Waals surface area contributed by atoms with Gasteiger partial charge >= 0.3 is 44.2 Å². The summed E-state index contributed by atoms with van der Waals surface area (Å²) in [5.74, 6) is 3.12. The molecule has 0 radical (unpaired) electrons. The third kappa shape index (κ3) is 12.5. The summed E-state index contributed by atoms with van der Waals surface area (Å²) < 4.78 is 163. The normalized spacial score (nSPS) is 19.9. The van der Waals surface area contributed by atoms with Crippen LogP contribution >= 0.6 is 55.5 Å². The fourth-order valence-corrected chi connectivity index (χ4v) is 36.5. The van der Waals surface area contributed by atoms with Crippen molar-refractivity contribution in [3.05, 3.63) is 399 Å². The van der Waals surface area contributed by atoms with Crippen LogP contribution in [0, 0.1) is 22.7 Å². The van der Waals surface area contributed by atoms with E-state index in [2.05, 4.69) is 12.1 Å². The fraction of sp³-hybridized carbons (Fsp3) is 0. The molecule has 7 aliphatic heterocycles. The van der Waals surface area contributed by atoms with E-state index in [9.17, 15) is 46.3 Å². The van der Waals surface area contributed by atoms with Crippen molar-refractivity contribution in [3.8, 4) is 125 Å². The second-order valence-corrected chi connectivity index (χ2v) is 50.1. The summed E-state index contributed by atoms with van der Waals surface area (Å²) in [5, 5.41) is 29.0. The van der Waals surface area contributed by atoms with Gasteiger partial charge in [0.05, 0.1) is 96.7 Å². The van der Waals surface area contributed by atoms with Crippen molar-refractivity contribution in [3.63, 3.8) is 0 Å². The van der Waals surface area contributed by atoms with Crippen molar-refractivity contribution in [1.29, 1.82) is 10.5 Å². The molecule has 0 aliphatic carbocycles. The lowest BCUT2D eigenvalue weighted by Crippen LogP contribution is -2.25. The summed E-state index contributed by atoms with van der Waals surface area (Å²) in [6.45, 7) is 0. The van der Waals surface area contributed by atoms with Crippen LogP contribution in [0.1, 0.15) is 11.1 Å². The molecule has 646 valence electrons. The minimum atomic E-state index is -4.07. The SMILES string of the molecule is N#Cc1ccc2c(c1)-c1ccccc1P(=O)(c1ccc3c(c1)oc1cc(P4(=O)Oc5ccc(C#N)cc5-c5ccccc54)ccc13)O2.O=P1(c2ccc3c(c2)S(=O)(=O)c2cc(P4(=O)Oc5ccccc5-c5ccccc54)ccc2-3)Oc2ccccc2-c2ccccc21.O=P1(c2ccc3c(c2)sc2cc(P4(=O)Oc5ccccc5-c5ccccc54)ccc23)Oc2ccccc2-c2ccccc21. The number of sulfone groups is 1. The van der Waals surface area contributed by atoms with Gasteiger partial charge in [-0.15, -0.1) is 11.3 Å². The van der Waals surface area contributed by atoms with Crippen LogP contribution in [0.2, 0.25) is 0 Å². The highest BCUT2D eigenvalue weighted by molar-refractivity contribution is 7.92. The first kappa shape index (κ1) is 82.0. The van der Waals surface area contributed by atoms with Crippen LogP contribution in [0.25, 0.3) is 120 Å². The van der Waals surface area contributed by atoms with E-state index in [1.54, 1.807) is 145 Å². The van der Waals surface area contributed by atoms with Gasteiger partial charge in [0, 0.05) is 75.5 Å². The number of furan rings is 1. The van der Waals surface area contributed by atoms with E-state index in [1.807, 2.05) is 243 Å². The highest BCUT2D eigenvalue weighted by Crippen LogP contribution is 2.62. The predicted octanol–water partition coefficient (Wildman–Crippen LogP) is 23.6. The van der Waals surface area contributed by atoms with E-state index < -0.39 is 54.1 Å². The Morgan fingerprint density at radius 2 is 0.459 bits per heavy atom. The standard InChI is InChI=1S/C38H20N2O5P2.C36H22O6P2S.C36H22O4P2S/c39-21-23-9-15-33-31(17-23)29-5-1-3-7-37(29)46(41,44-33)25-11-13-27-28-14-12-26(20-36(28)43-35(27)19-25)47(42)38-8-4-2-6-30(38)32-18-24(22-40)10-16-34(32)45-47;37-43(33-15-7-3-11-27(33)25-9-1-5-13-31(25)41-43)23-17-19-29-30-20-18-24(22-36(30)45(39,40)35(29)21-23)44(38)34-16-8-4-12-28(34)26-10-2-6-14-32(26)42-44;37-41(33-15-7-3-11-27(33)25-9-1-5-13-31(25)39-41)23-17-19-29-30-20-18-24(22-36(30)43-35(29)21-23)42(38)34-16-8-4-12-28(34)26-10-2-6-14-32(26)40-42/h1-20H;1-22H;1-22H. The lowest BCUT2D eigenvalue weighted by Gasteiger charge is -2.29. The first-order valence-corrected chi connectivity index (χ1v) is 55.1. The summed E-state index contributed by atoms with van der Waals surface area (Å²) in [7, 11) is -25.5. The van der Waals surface area contributed by atoms with Gasteiger partial charge in [0.1, 0.15) is 45.7 Å². The zero-order valence-electron chi connectivity index (χ0n) is 70.5. The lowest BCUT2D eigenvalue weighted by molar-refractivity contribution is 0.500. The van der Waals surface area contributed by atoms with Crippen LogP contribution < -0.4 is 90.8 Å². The summed E-state index contributed by atoms with van der Waals surface area (Å²) in [6, 6.07) is 122. The molecule has 25 heteroatoms. The van der Waals surface area contributed by atoms with Crippen molar-refractivity contribution >= 4 is 171 Å². The summed E-state index contributed by atoms with van der Waals surface area (Å²) in [6.07, 6.45) is 0. The fourth-order valence-electron chi connectivity index (χ4n) is 19.5. The van der Waals surface area contributed by atoms with Gasteiger partial charge in [0.25, 0.3) is 0 Å². The summed E-state index contributed by atoms with van der Waals surface area (Å²) in [5.41, 5.74) is 12.9. The van der Waals surface area contributed by atoms with Crippen molar-refractivity contribution in [2.75, 3.05) is 0 Å². The quantitative estimate of drug-likeness (QED) is 0.140. The zero-order valence-corrected chi connectivity index (χ0v) is 77.5. The average molecular weight is 1900 g/mol. The molecular weight excluding hydrogens is 1840 g/mol. The van der Waals surface area contributed by atoms with Gasteiger partial charge in [-0.05, 0) is 215 Å². The van der Waals surface area contributed by atoms with Crippen LogP contribution in [-0.4, -0.2) is 8.42 Å². The molecule has 0 N–H and O–H groups in total. The molecule has 135 heavy (non-hydrogen) atoms. The van der Waals surface area contributed by atoms with Gasteiger partial charge in [-0.2, -0.15) is 10.5 Å². The highest BCUT2D eigenvalue weighted by atomic mass is 32.2. The Hall–Kier alpha value is -14.9. The number of para-hydroxylation sites is 4. The molecule has 0 saturated carbocycles. The second kappa shape index (κ2) is 30.6. The number of nitriles is 2. The minimum Gasteiger partial charge on any atom is -0.456 e. The van der Waals surface area contributed by atoms with E-state index in [0.717, 1.165) is 97.7 Å². The predicted molar refractivity (Wildman–Crippen MR) is 536 cm³/mol. The Labute approximate surface area is 776 Å². The molecule has 17 nitrogen and oxygen atoms in total. The van der Waals surface area contributed by atoms with Gasteiger partial charge in [0.15, 0.2) is 0 Å². The topological polar surface area (TPSA) is 253 Å². The summed E-state index contributed by atoms with van der Waals surface area (Å²) in [4.78, 5) is 0.0758. The van der Waals surface area contributed by atoms with Gasteiger partial charge in [-0.25, -0.2) is 8.42 Å². The first-order chi connectivity index (χ1) is 65.7. The van der Waals surface area contributed by atoms with Crippen molar-refractivity contribution in [1.82, 2.24) is 0 Å². The molecule has 0 saturated heterocycles. The van der Waals surface area contributed by atoms with Gasteiger partial charge in [-0.3, -0.25) is 27.4 Å². The number of benzene rings is 18. The average Bonchev–Trinajstić information content (AvgIpc) is 1.57. The Balaban J connectivity index is 0.000000108. The van der Waals surface area contributed by atoms with E-state index in [4.69, 9.17) is 31.6 Å². The largest absolute Gasteiger partial charge is 0.456 e. The Morgan fingerprint density at radius 1 is 0.222 bits per heavy atom. The molecule has 20 aromatic rings. The molecule has 9 heterocycles. The van der Waals surface area contributed by atoms with Gasteiger partial charge < -0.3 is 31.6 Å². The maximum absolute atomic E-state index is 14.8. The monoisotopic (exact) mass is 1900 g/mol. The Morgan fingerprint density at radius 3 is 0.756 bits per heavy atom. The third-order valence-electron chi connectivity index (χ3n) is 25.9. The Kier molecular flexibility index (Phi) is 18.6. The van der Waals surface area contributed by atoms with Crippen LogP contribution in [-0.2, 0) is 37.2 Å². The van der Waals surface area contributed by atoms with Gasteiger partial charge in [0.2, 0.25) is 9.84 Å². The molecule has 18 aromatic carbocycles. The van der Waals surface area contributed by atoms with E-state index in [0.29, 0.717) is 121 Å². The van der Waals surface area contributed by atoms with E-state index in [1.165, 1.54) is 12.1 Å². The van der Waals surface area contributed by atoms with Crippen molar-refractivity contribution in [2.24, 2.45) is 0 Å². The maximum atomic E-state index is 14.8. The zero-order chi connectivity index (χ0) is 91.2. The number of fused-ring (bicyclic) bond motifs is 27. The minimum absolute atomic E-state index is 0.0379. The van der Waals surface area contributed by atoms with Crippen LogP contribution in [0.5, 0.6) is 34.5 Å². The molecule has 27 rings (SSSR count). The third-order valence-corrected chi connectivity index (χ3v) is 43.5. The molecule has 2 aromatic heterocycles. The number of nitrogens with zero attached hydrogens (tertiary/aromatic N) is 2. The van der Waals surface area contributed by atoms with Crippen LogP contribution in [0.3, 0.4) is 0 Å². The van der Waals surface area contributed by atoms with Crippen molar-refractivity contribution < 1.29 is 67.4 Å². The number of thiophene rings is 1. The molecule has 0 fully saturated rings. The number of hydrogen-bond acceptors (Lipinski definition) is 18. The molecule has 0 bridgehead atoms. The molecule has 7 aliphatic rings.